The molecule has 130 valence electrons. The highest BCUT2D eigenvalue weighted by molar-refractivity contribution is 6.34. The Morgan fingerprint density at radius 1 is 1.08 bits per heavy atom. The van der Waals surface area contributed by atoms with Gasteiger partial charge in [0.15, 0.2) is 0 Å². The predicted octanol–water partition coefficient (Wildman–Crippen LogP) is 1.98. The molecule has 1 saturated heterocycles. The van der Waals surface area contributed by atoms with Gasteiger partial charge in [0.05, 0.1) is 10.7 Å². The van der Waals surface area contributed by atoms with Crippen molar-refractivity contribution in [1.29, 1.82) is 0 Å². The summed E-state index contributed by atoms with van der Waals surface area (Å²) >= 11 is 6.16. The molecule has 1 aromatic rings. The summed E-state index contributed by atoms with van der Waals surface area (Å²) in [6, 6.07) is 3.69. The highest BCUT2D eigenvalue weighted by Gasteiger charge is 2.24. The molecule has 0 radical (unpaired) electrons. The number of aryl methyl sites for hydroxylation is 2. The Morgan fingerprint density at radius 3 is 2.21 bits per heavy atom. The Bertz CT molecular complexity index is 644. The third-order valence-electron chi connectivity index (χ3n) is 4.09. The van der Waals surface area contributed by atoms with Gasteiger partial charge in [0.25, 0.3) is 0 Å². The minimum atomic E-state index is -0.386. The fraction of sp³-hybridized carbons (Fsp3) is 0.471. The lowest BCUT2D eigenvalue weighted by Gasteiger charge is -2.34. The summed E-state index contributed by atoms with van der Waals surface area (Å²) < 4.78 is 0. The number of nitrogens with one attached hydrogen (secondary N) is 1. The van der Waals surface area contributed by atoms with Gasteiger partial charge in [-0.2, -0.15) is 0 Å². The number of carbonyl (C=O) groups excluding carboxylic acids is 3. The van der Waals surface area contributed by atoms with Crippen molar-refractivity contribution in [3.63, 3.8) is 0 Å². The van der Waals surface area contributed by atoms with Crippen molar-refractivity contribution in [1.82, 2.24) is 9.80 Å². The first-order valence-corrected chi connectivity index (χ1v) is 8.25. The SMILES string of the molecule is CC(=O)N1CCN(C(=O)CC(=O)Nc2c(C)cc(C)cc2Cl)CC1. The van der Waals surface area contributed by atoms with Crippen LogP contribution in [0.5, 0.6) is 0 Å². The number of carbonyl (C=O) groups is 3. The van der Waals surface area contributed by atoms with Crippen LogP contribution in [0.25, 0.3) is 0 Å². The van der Waals surface area contributed by atoms with E-state index in [1.165, 1.54) is 6.92 Å². The first-order valence-electron chi connectivity index (χ1n) is 7.88. The summed E-state index contributed by atoms with van der Waals surface area (Å²) in [6.45, 7) is 7.22. The quantitative estimate of drug-likeness (QED) is 0.846. The van der Waals surface area contributed by atoms with Crippen molar-refractivity contribution in [2.24, 2.45) is 0 Å². The molecule has 6 nitrogen and oxygen atoms in total. The Balaban J connectivity index is 1.91. The number of rotatable bonds is 3. The van der Waals surface area contributed by atoms with Gasteiger partial charge in [0, 0.05) is 33.1 Å². The van der Waals surface area contributed by atoms with E-state index in [0.29, 0.717) is 36.9 Å². The van der Waals surface area contributed by atoms with Crippen LogP contribution in [-0.4, -0.2) is 53.7 Å². The summed E-state index contributed by atoms with van der Waals surface area (Å²) in [6.07, 6.45) is -0.232. The molecule has 0 spiro atoms. The predicted molar refractivity (Wildman–Crippen MR) is 93.0 cm³/mol. The van der Waals surface area contributed by atoms with Crippen LogP contribution in [0.1, 0.15) is 24.5 Å². The van der Waals surface area contributed by atoms with Gasteiger partial charge in [-0.1, -0.05) is 17.7 Å². The topological polar surface area (TPSA) is 69.7 Å². The van der Waals surface area contributed by atoms with Crippen molar-refractivity contribution in [3.8, 4) is 0 Å². The Morgan fingerprint density at radius 2 is 1.67 bits per heavy atom. The van der Waals surface area contributed by atoms with Gasteiger partial charge in [-0.3, -0.25) is 14.4 Å². The Hall–Kier alpha value is -2.08. The average Bonchev–Trinajstić information content (AvgIpc) is 2.50. The van der Waals surface area contributed by atoms with Crippen LogP contribution in [0, 0.1) is 13.8 Å². The van der Waals surface area contributed by atoms with E-state index < -0.39 is 0 Å². The molecule has 0 unspecified atom stereocenters. The Kier molecular flexibility index (Phi) is 5.83. The zero-order chi connectivity index (χ0) is 17.9. The molecule has 0 saturated carbocycles. The lowest BCUT2D eigenvalue weighted by molar-refractivity contribution is -0.140. The molecule has 1 aliphatic heterocycles. The first-order chi connectivity index (χ1) is 11.3. The van der Waals surface area contributed by atoms with Crippen molar-refractivity contribution in [2.75, 3.05) is 31.5 Å². The molecule has 0 aromatic heterocycles. The molecule has 1 heterocycles. The summed E-state index contributed by atoms with van der Waals surface area (Å²) in [4.78, 5) is 39.0. The third-order valence-corrected chi connectivity index (χ3v) is 4.38. The van der Waals surface area contributed by atoms with Crippen molar-refractivity contribution in [2.45, 2.75) is 27.2 Å². The molecular weight excluding hydrogens is 330 g/mol. The number of anilines is 1. The lowest BCUT2D eigenvalue weighted by atomic mass is 10.1. The van der Waals surface area contributed by atoms with Crippen LogP contribution in [0.2, 0.25) is 5.02 Å². The maximum Gasteiger partial charge on any atom is 0.233 e. The van der Waals surface area contributed by atoms with E-state index in [-0.39, 0.29) is 24.1 Å². The second kappa shape index (κ2) is 7.66. The van der Waals surface area contributed by atoms with Gasteiger partial charge in [0.1, 0.15) is 6.42 Å². The minimum Gasteiger partial charge on any atom is -0.339 e. The average molecular weight is 352 g/mol. The van der Waals surface area contributed by atoms with Crippen LogP contribution in [0.3, 0.4) is 0 Å². The largest absolute Gasteiger partial charge is 0.339 e. The summed E-state index contributed by atoms with van der Waals surface area (Å²) in [5, 5.41) is 3.18. The zero-order valence-corrected chi connectivity index (χ0v) is 14.9. The molecule has 7 heteroatoms. The molecule has 0 bridgehead atoms. The number of amides is 3. The van der Waals surface area contributed by atoms with E-state index in [2.05, 4.69) is 5.32 Å². The molecular formula is C17H22ClN3O3. The van der Waals surface area contributed by atoms with Crippen LogP contribution in [0.4, 0.5) is 5.69 Å². The van der Waals surface area contributed by atoms with E-state index >= 15 is 0 Å². The number of nitrogens with zero attached hydrogens (tertiary/aromatic N) is 2. The van der Waals surface area contributed by atoms with Gasteiger partial charge < -0.3 is 15.1 Å². The molecule has 24 heavy (non-hydrogen) atoms. The van der Waals surface area contributed by atoms with Gasteiger partial charge in [-0.05, 0) is 31.0 Å². The van der Waals surface area contributed by atoms with Gasteiger partial charge in [-0.15, -0.1) is 0 Å². The summed E-state index contributed by atoms with van der Waals surface area (Å²) in [5.41, 5.74) is 2.41. The molecule has 1 aliphatic rings. The molecule has 1 N–H and O–H groups in total. The summed E-state index contributed by atoms with van der Waals surface area (Å²) in [7, 11) is 0. The highest BCUT2D eigenvalue weighted by atomic mass is 35.5. The second-order valence-corrected chi connectivity index (χ2v) is 6.46. The Labute approximate surface area is 146 Å². The third kappa shape index (κ3) is 4.47. The minimum absolute atomic E-state index is 0.00401. The molecule has 0 aliphatic carbocycles. The van der Waals surface area contributed by atoms with Gasteiger partial charge in [0.2, 0.25) is 17.7 Å². The smallest absolute Gasteiger partial charge is 0.233 e. The monoisotopic (exact) mass is 351 g/mol. The van der Waals surface area contributed by atoms with Crippen molar-refractivity contribution in [3.05, 3.63) is 28.3 Å². The van der Waals surface area contributed by atoms with E-state index in [1.54, 1.807) is 15.9 Å². The van der Waals surface area contributed by atoms with Gasteiger partial charge >= 0.3 is 0 Å². The highest BCUT2D eigenvalue weighted by Crippen LogP contribution is 2.27. The summed E-state index contributed by atoms with van der Waals surface area (Å²) in [5.74, 6) is -0.622. The van der Waals surface area contributed by atoms with Gasteiger partial charge in [-0.25, -0.2) is 0 Å². The van der Waals surface area contributed by atoms with E-state index in [9.17, 15) is 14.4 Å². The number of piperazine rings is 1. The fourth-order valence-corrected chi connectivity index (χ4v) is 3.15. The van der Waals surface area contributed by atoms with E-state index in [0.717, 1.165) is 11.1 Å². The number of benzene rings is 1. The lowest BCUT2D eigenvalue weighted by Crippen LogP contribution is -2.50. The van der Waals surface area contributed by atoms with Crippen molar-refractivity contribution >= 4 is 35.0 Å². The maximum atomic E-state index is 12.2. The van der Waals surface area contributed by atoms with E-state index in [4.69, 9.17) is 11.6 Å². The first kappa shape index (κ1) is 18.3. The van der Waals surface area contributed by atoms with Crippen LogP contribution < -0.4 is 5.32 Å². The molecule has 0 atom stereocenters. The molecule has 1 fully saturated rings. The van der Waals surface area contributed by atoms with Crippen molar-refractivity contribution < 1.29 is 14.4 Å². The number of hydrogen-bond donors (Lipinski definition) is 1. The molecule has 2 rings (SSSR count). The van der Waals surface area contributed by atoms with E-state index in [1.807, 2.05) is 19.9 Å². The number of halogens is 1. The fourth-order valence-electron chi connectivity index (χ4n) is 2.78. The molecule has 3 amide bonds. The second-order valence-electron chi connectivity index (χ2n) is 6.05. The zero-order valence-electron chi connectivity index (χ0n) is 14.2. The maximum absolute atomic E-state index is 12.2. The van der Waals surface area contributed by atoms with Crippen LogP contribution >= 0.6 is 11.6 Å². The molecule has 1 aromatic carbocycles. The van der Waals surface area contributed by atoms with Crippen LogP contribution in [-0.2, 0) is 14.4 Å². The normalized spacial score (nSPS) is 14.5. The number of hydrogen-bond acceptors (Lipinski definition) is 3. The van der Waals surface area contributed by atoms with Crippen LogP contribution in [0.15, 0.2) is 12.1 Å². The standard InChI is InChI=1S/C17H22ClN3O3/c1-11-8-12(2)17(14(18)9-11)19-15(23)10-16(24)21-6-4-20(5-7-21)13(3)22/h8-9H,4-7,10H2,1-3H3,(H,19,23).